The molecule has 1 aromatic rings. The first-order chi connectivity index (χ1) is 14.4. The minimum atomic E-state index is 0.230. The van der Waals surface area contributed by atoms with Crippen LogP contribution >= 0.6 is 0 Å². The molecule has 2 saturated carbocycles. The number of hydrogen-bond donors (Lipinski definition) is 0. The maximum absolute atomic E-state index is 12.3. The Labute approximate surface area is 181 Å². The van der Waals surface area contributed by atoms with Crippen LogP contribution in [0.25, 0.3) is 5.57 Å². The van der Waals surface area contributed by atoms with E-state index in [4.69, 9.17) is 4.74 Å². The lowest BCUT2D eigenvalue weighted by Crippen LogP contribution is -2.61. The first-order valence-electron chi connectivity index (χ1n) is 11.9. The van der Waals surface area contributed by atoms with E-state index in [0.29, 0.717) is 12.0 Å². The molecular formula is C26H36N2O2. The van der Waals surface area contributed by atoms with Crippen molar-refractivity contribution in [2.45, 2.75) is 71.8 Å². The molecule has 4 aliphatic rings. The van der Waals surface area contributed by atoms with Gasteiger partial charge in [-0.2, -0.15) is 0 Å². The van der Waals surface area contributed by atoms with E-state index in [-0.39, 0.29) is 16.7 Å². The Bertz CT molecular complexity index is 880. The molecule has 6 unspecified atom stereocenters. The van der Waals surface area contributed by atoms with E-state index >= 15 is 0 Å². The summed E-state index contributed by atoms with van der Waals surface area (Å²) in [5.41, 5.74) is 3.23. The maximum atomic E-state index is 12.3. The van der Waals surface area contributed by atoms with E-state index in [9.17, 15) is 4.79 Å². The van der Waals surface area contributed by atoms with Crippen molar-refractivity contribution in [3.63, 3.8) is 0 Å². The highest BCUT2D eigenvalue weighted by molar-refractivity contribution is 5.74. The van der Waals surface area contributed by atoms with Crippen LogP contribution in [0.3, 0.4) is 0 Å². The van der Waals surface area contributed by atoms with Crippen LogP contribution in [-0.2, 0) is 4.79 Å². The van der Waals surface area contributed by atoms with Crippen molar-refractivity contribution in [1.29, 1.82) is 0 Å². The number of piperidine rings is 1. The Morgan fingerprint density at radius 2 is 2.00 bits per heavy atom. The Hall–Kier alpha value is -1.84. The summed E-state index contributed by atoms with van der Waals surface area (Å²) in [6, 6.07) is 2.61. The monoisotopic (exact) mass is 408 g/mol. The summed E-state index contributed by atoms with van der Waals surface area (Å²) in [6.45, 7) is 7.75. The number of carbonyl (C=O) groups is 1. The van der Waals surface area contributed by atoms with Crippen molar-refractivity contribution in [1.82, 2.24) is 9.88 Å². The average molecular weight is 409 g/mol. The second-order valence-electron chi connectivity index (χ2n) is 10.7. The van der Waals surface area contributed by atoms with E-state index < -0.39 is 0 Å². The third kappa shape index (κ3) is 2.78. The van der Waals surface area contributed by atoms with Crippen molar-refractivity contribution in [3.8, 4) is 5.75 Å². The minimum absolute atomic E-state index is 0.230. The van der Waals surface area contributed by atoms with Gasteiger partial charge in [0, 0.05) is 25.7 Å². The number of amides is 1. The molecule has 4 nitrogen and oxygen atoms in total. The predicted molar refractivity (Wildman–Crippen MR) is 119 cm³/mol. The number of aromatic nitrogens is 1. The number of fused-ring (bicyclic) bond motifs is 5. The van der Waals surface area contributed by atoms with E-state index in [1.807, 2.05) is 6.20 Å². The summed E-state index contributed by atoms with van der Waals surface area (Å²) in [5, 5.41) is 0. The number of ether oxygens (including phenoxy) is 1. The first-order valence-corrected chi connectivity index (χ1v) is 11.9. The Morgan fingerprint density at radius 3 is 2.77 bits per heavy atom. The predicted octanol–water partition coefficient (Wildman–Crippen LogP) is 5.34. The van der Waals surface area contributed by atoms with Crippen molar-refractivity contribution < 1.29 is 9.53 Å². The second kappa shape index (κ2) is 7.10. The molecule has 3 aliphatic carbocycles. The Kier molecular flexibility index (Phi) is 4.75. The van der Waals surface area contributed by atoms with Gasteiger partial charge in [0.1, 0.15) is 5.75 Å². The molecule has 0 radical (unpaired) electrons. The van der Waals surface area contributed by atoms with Gasteiger partial charge in [0.05, 0.1) is 13.3 Å². The van der Waals surface area contributed by atoms with E-state index in [1.54, 1.807) is 20.2 Å². The van der Waals surface area contributed by atoms with Crippen LogP contribution in [0.5, 0.6) is 5.75 Å². The average Bonchev–Trinajstić information content (AvgIpc) is 3.10. The van der Waals surface area contributed by atoms with Gasteiger partial charge in [-0.3, -0.25) is 9.78 Å². The lowest BCUT2D eigenvalue weighted by molar-refractivity contribution is -0.151. The van der Waals surface area contributed by atoms with Crippen molar-refractivity contribution in [2.75, 3.05) is 13.7 Å². The minimum Gasteiger partial charge on any atom is -0.495 e. The molecule has 4 heteroatoms. The molecule has 1 aliphatic heterocycles. The van der Waals surface area contributed by atoms with Gasteiger partial charge in [-0.15, -0.1) is 0 Å². The van der Waals surface area contributed by atoms with Gasteiger partial charge in [0.15, 0.2) is 0 Å². The molecule has 162 valence electrons. The lowest BCUT2D eigenvalue weighted by atomic mass is 9.46. The zero-order valence-electron chi connectivity index (χ0n) is 19.0. The number of carbonyl (C=O) groups excluding carboxylic acids is 1. The smallest absolute Gasteiger partial charge is 0.219 e. The van der Waals surface area contributed by atoms with E-state index in [2.05, 4.69) is 35.9 Å². The Balaban J connectivity index is 1.44. The van der Waals surface area contributed by atoms with Crippen molar-refractivity contribution in [2.24, 2.45) is 28.6 Å². The van der Waals surface area contributed by atoms with Crippen molar-refractivity contribution >= 4 is 11.5 Å². The van der Waals surface area contributed by atoms with Crippen LogP contribution in [0.2, 0.25) is 0 Å². The van der Waals surface area contributed by atoms with Gasteiger partial charge in [-0.1, -0.05) is 19.9 Å². The Morgan fingerprint density at radius 1 is 1.17 bits per heavy atom. The molecule has 1 saturated heterocycles. The molecule has 5 rings (SSSR count). The molecule has 0 N–H and O–H groups in total. The van der Waals surface area contributed by atoms with Gasteiger partial charge in [0.2, 0.25) is 5.91 Å². The molecule has 0 spiro atoms. The number of pyridine rings is 1. The van der Waals surface area contributed by atoms with E-state index in [1.165, 1.54) is 49.7 Å². The molecule has 6 atom stereocenters. The quantitative estimate of drug-likeness (QED) is 0.664. The van der Waals surface area contributed by atoms with Crippen LogP contribution in [-0.4, -0.2) is 35.5 Å². The third-order valence-corrected chi connectivity index (χ3v) is 9.55. The van der Waals surface area contributed by atoms with Gasteiger partial charge in [0.25, 0.3) is 0 Å². The highest BCUT2D eigenvalue weighted by Gasteiger charge is 2.59. The number of likely N-dealkylation sites (tertiary alicyclic amines) is 1. The van der Waals surface area contributed by atoms with Crippen LogP contribution in [0, 0.1) is 28.6 Å². The number of allylic oxidation sites excluding steroid dienone is 2. The molecular weight excluding hydrogens is 372 g/mol. The lowest BCUT2D eigenvalue weighted by Gasteiger charge is -2.62. The number of methoxy groups -OCH3 is 1. The van der Waals surface area contributed by atoms with Crippen LogP contribution < -0.4 is 4.74 Å². The zero-order valence-corrected chi connectivity index (χ0v) is 19.0. The van der Waals surface area contributed by atoms with Gasteiger partial charge >= 0.3 is 0 Å². The summed E-state index contributed by atoms with van der Waals surface area (Å²) in [6.07, 6.45) is 14.9. The number of nitrogens with zero attached hydrogens (tertiary/aromatic N) is 2. The maximum Gasteiger partial charge on any atom is 0.219 e. The third-order valence-electron chi connectivity index (χ3n) is 9.55. The number of hydrogen-bond acceptors (Lipinski definition) is 3. The normalized spacial score (nSPS) is 40.1. The fraction of sp³-hybridized carbons (Fsp3) is 0.692. The summed E-state index contributed by atoms with van der Waals surface area (Å²) >= 11 is 0. The topological polar surface area (TPSA) is 42.4 Å². The van der Waals surface area contributed by atoms with Crippen LogP contribution in [0.15, 0.2) is 24.5 Å². The largest absolute Gasteiger partial charge is 0.495 e. The molecule has 30 heavy (non-hydrogen) atoms. The van der Waals surface area contributed by atoms with Gasteiger partial charge < -0.3 is 9.64 Å². The molecule has 0 bridgehead atoms. The summed E-state index contributed by atoms with van der Waals surface area (Å²) in [5.74, 6) is 3.34. The van der Waals surface area contributed by atoms with Gasteiger partial charge in [-0.05, 0) is 90.7 Å². The molecule has 2 heterocycles. The van der Waals surface area contributed by atoms with E-state index in [0.717, 1.165) is 30.6 Å². The number of rotatable bonds is 2. The molecule has 0 aromatic carbocycles. The zero-order chi connectivity index (χ0) is 21.1. The fourth-order valence-electron chi connectivity index (χ4n) is 8.16. The second-order valence-corrected chi connectivity index (χ2v) is 10.7. The summed E-state index contributed by atoms with van der Waals surface area (Å²) in [7, 11) is 1.72. The van der Waals surface area contributed by atoms with Crippen LogP contribution in [0.1, 0.15) is 71.3 Å². The molecule has 1 aromatic heterocycles. The van der Waals surface area contributed by atoms with Gasteiger partial charge in [-0.25, -0.2) is 0 Å². The molecule has 1 amide bonds. The highest BCUT2D eigenvalue weighted by Crippen LogP contribution is 2.66. The standard InChI is InChI=1S/C26H36N2O2/c1-17(29)28-13-5-11-26(3)23-10-12-25(2)21(18-14-19(30-4)16-27-15-18)7-8-22(25)20(23)6-9-24(26)28/h7,14-16,20,22-24H,5-6,8-13H2,1-4H3. The van der Waals surface area contributed by atoms with Crippen LogP contribution in [0.4, 0.5) is 0 Å². The molecule has 3 fully saturated rings. The first kappa shape index (κ1) is 20.1. The highest BCUT2D eigenvalue weighted by atomic mass is 16.5. The van der Waals surface area contributed by atoms with Crippen molar-refractivity contribution in [3.05, 3.63) is 30.1 Å². The SMILES string of the molecule is COc1cncc(C2=CCC3C4CCC5N(C(C)=O)CCCC5(C)C4CCC23C)c1. The summed E-state index contributed by atoms with van der Waals surface area (Å²) < 4.78 is 5.45. The summed E-state index contributed by atoms with van der Waals surface area (Å²) in [4.78, 5) is 19.0. The fourth-order valence-corrected chi connectivity index (χ4v) is 8.16.